The molecule has 0 unspecified atom stereocenters. The first-order valence-electron chi connectivity index (χ1n) is 6.53. The highest BCUT2D eigenvalue weighted by Crippen LogP contribution is 2.13. The first-order valence-corrected chi connectivity index (χ1v) is 6.53. The number of carbonyl (C=O) groups excluding carboxylic acids is 1. The van der Waals surface area contributed by atoms with E-state index in [2.05, 4.69) is 10.6 Å². The summed E-state index contributed by atoms with van der Waals surface area (Å²) in [6.07, 6.45) is -1.07. The Morgan fingerprint density at radius 1 is 1.47 bits per heavy atom. The zero-order chi connectivity index (χ0) is 13.7. The molecule has 0 saturated carbocycles. The maximum atomic E-state index is 11.7. The fourth-order valence-corrected chi connectivity index (χ4v) is 2.10. The molecule has 5 nitrogen and oxygen atoms in total. The van der Waals surface area contributed by atoms with Gasteiger partial charge in [-0.2, -0.15) is 0 Å². The number of ether oxygens (including phenoxy) is 1. The molecule has 0 radical (unpaired) electrons. The summed E-state index contributed by atoms with van der Waals surface area (Å²) >= 11 is 0. The summed E-state index contributed by atoms with van der Waals surface area (Å²) in [5, 5.41) is 15.5. The largest absolute Gasteiger partial charge is 0.445 e. The van der Waals surface area contributed by atoms with Gasteiger partial charge in [0.15, 0.2) is 0 Å². The van der Waals surface area contributed by atoms with E-state index in [-0.39, 0.29) is 18.6 Å². The van der Waals surface area contributed by atoms with Crippen molar-refractivity contribution in [2.45, 2.75) is 25.7 Å². The van der Waals surface area contributed by atoms with Crippen molar-refractivity contribution in [3.63, 3.8) is 0 Å². The summed E-state index contributed by atoms with van der Waals surface area (Å²) in [5.74, 6) is 0.268. The molecule has 19 heavy (non-hydrogen) atoms. The van der Waals surface area contributed by atoms with Crippen LogP contribution in [0.1, 0.15) is 12.5 Å². The Bertz CT molecular complexity index is 404. The lowest BCUT2D eigenvalue weighted by molar-refractivity contribution is 0.0770. The van der Waals surface area contributed by atoms with Crippen LogP contribution >= 0.6 is 0 Å². The van der Waals surface area contributed by atoms with Gasteiger partial charge in [-0.15, -0.1) is 0 Å². The lowest BCUT2D eigenvalue weighted by atomic mass is 9.90. The van der Waals surface area contributed by atoms with Crippen molar-refractivity contribution in [2.75, 3.05) is 13.1 Å². The maximum absolute atomic E-state index is 11.7. The molecule has 104 valence electrons. The number of amides is 1. The first kappa shape index (κ1) is 13.8. The van der Waals surface area contributed by atoms with E-state index in [0.29, 0.717) is 0 Å². The minimum atomic E-state index is -0.587. The summed E-state index contributed by atoms with van der Waals surface area (Å²) in [7, 11) is 0. The van der Waals surface area contributed by atoms with Crippen molar-refractivity contribution >= 4 is 6.09 Å². The van der Waals surface area contributed by atoms with Crippen molar-refractivity contribution in [3.8, 4) is 0 Å². The van der Waals surface area contributed by atoms with E-state index in [9.17, 15) is 9.90 Å². The second kappa shape index (κ2) is 6.54. The van der Waals surface area contributed by atoms with E-state index in [1.807, 2.05) is 30.3 Å². The Hall–Kier alpha value is -1.59. The monoisotopic (exact) mass is 264 g/mol. The molecule has 3 N–H and O–H groups in total. The lowest BCUT2D eigenvalue weighted by Gasteiger charge is -2.36. The highest BCUT2D eigenvalue weighted by atomic mass is 16.5. The van der Waals surface area contributed by atoms with E-state index in [4.69, 9.17) is 4.74 Å². The average molecular weight is 264 g/mol. The van der Waals surface area contributed by atoms with Gasteiger partial charge in [0.1, 0.15) is 6.61 Å². The number of alkyl carbamates (subject to hydrolysis) is 1. The van der Waals surface area contributed by atoms with Crippen LogP contribution < -0.4 is 10.6 Å². The summed E-state index contributed by atoms with van der Waals surface area (Å²) in [4.78, 5) is 11.7. The normalized spacial score (nSPS) is 18.2. The van der Waals surface area contributed by atoms with E-state index >= 15 is 0 Å². The van der Waals surface area contributed by atoms with Crippen molar-refractivity contribution in [1.82, 2.24) is 10.6 Å². The van der Waals surface area contributed by atoms with E-state index < -0.39 is 12.2 Å². The van der Waals surface area contributed by atoms with E-state index in [1.165, 1.54) is 0 Å². The fraction of sp³-hybridized carbons (Fsp3) is 0.500. The van der Waals surface area contributed by atoms with Gasteiger partial charge in [-0.25, -0.2) is 4.79 Å². The molecule has 2 rings (SSSR count). The number of aliphatic hydroxyl groups is 1. The second-order valence-corrected chi connectivity index (χ2v) is 4.89. The SMILES string of the molecule is C[C@@H](O)[C@H](NC(=O)OCc1ccccc1)C1CNC1. The van der Waals surface area contributed by atoms with Gasteiger partial charge < -0.3 is 20.5 Å². The molecule has 1 saturated heterocycles. The van der Waals surface area contributed by atoms with Gasteiger partial charge in [0, 0.05) is 19.0 Å². The van der Waals surface area contributed by atoms with Crippen molar-refractivity contribution in [3.05, 3.63) is 35.9 Å². The Morgan fingerprint density at radius 2 is 2.16 bits per heavy atom. The third-order valence-electron chi connectivity index (χ3n) is 3.34. The van der Waals surface area contributed by atoms with Crippen molar-refractivity contribution < 1.29 is 14.6 Å². The van der Waals surface area contributed by atoms with Gasteiger partial charge in [-0.05, 0) is 12.5 Å². The Labute approximate surface area is 113 Å². The summed E-state index contributed by atoms with van der Waals surface area (Å²) in [6.45, 7) is 3.55. The predicted molar refractivity (Wildman–Crippen MR) is 71.6 cm³/mol. The molecule has 1 aliphatic rings. The highest BCUT2D eigenvalue weighted by Gasteiger charge is 2.31. The minimum Gasteiger partial charge on any atom is -0.445 e. The zero-order valence-electron chi connectivity index (χ0n) is 11.0. The van der Waals surface area contributed by atoms with Gasteiger partial charge >= 0.3 is 6.09 Å². The minimum absolute atomic E-state index is 0.238. The number of benzene rings is 1. The van der Waals surface area contributed by atoms with Gasteiger partial charge in [0.2, 0.25) is 0 Å². The second-order valence-electron chi connectivity index (χ2n) is 4.89. The molecule has 0 bridgehead atoms. The number of nitrogens with one attached hydrogen (secondary N) is 2. The van der Waals surface area contributed by atoms with Gasteiger partial charge in [0.05, 0.1) is 12.1 Å². The summed E-state index contributed by atoms with van der Waals surface area (Å²) in [6, 6.07) is 9.25. The first-order chi connectivity index (χ1) is 9.16. The van der Waals surface area contributed by atoms with Crippen LogP contribution in [0, 0.1) is 5.92 Å². The van der Waals surface area contributed by atoms with Gasteiger partial charge in [0.25, 0.3) is 0 Å². The van der Waals surface area contributed by atoms with Crippen LogP contribution in [0.5, 0.6) is 0 Å². The molecule has 1 aromatic rings. The number of rotatable bonds is 5. The van der Waals surface area contributed by atoms with Crippen LogP contribution in [0.15, 0.2) is 30.3 Å². The van der Waals surface area contributed by atoms with E-state index in [1.54, 1.807) is 6.92 Å². The number of hydrogen-bond acceptors (Lipinski definition) is 4. The number of carbonyl (C=O) groups is 1. The Balaban J connectivity index is 1.79. The lowest BCUT2D eigenvalue weighted by Crippen LogP contribution is -2.58. The van der Waals surface area contributed by atoms with Gasteiger partial charge in [-0.3, -0.25) is 0 Å². The van der Waals surface area contributed by atoms with Crippen LogP contribution in [0.4, 0.5) is 4.79 Å². The van der Waals surface area contributed by atoms with Crippen molar-refractivity contribution in [1.29, 1.82) is 0 Å². The zero-order valence-corrected chi connectivity index (χ0v) is 11.0. The molecule has 0 aliphatic carbocycles. The summed E-state index contributed by atoms with van der Waals surface area (Å²) < 4.78 is 5.15. The molecule has 1 aliphatic heterocycles. The molecule has 2 atom stereocenters. The summed E-state index contributed by atoms with van der Waals surface area (Å²) in [5.41, 5.74) is 0.941. The quantitative estimate of drug-likeness (QED) is 0.738. The third-order valence-corrected chi connectivity index (χ3v) is 3.34. The number of aliphatic hydroxyl groups excluding tert-OH is 1. The van der Waals surface area contributed by atoms with Crippen molar-refractivity contribution in [2.24, 2.45) is 5.92 Å². The van der Waals surface area contributed by atoms with E-state index in [0.717, 1.165) is 18.7 Å². The molecule has 5 heteroatoms. The molecule has 1 amide bonds. The topological polar surface area (TPSA) is 70.6 Å². The fourth-order valence-electron chi connectivity index (χ4n) is 2.10. The maximum Gasteiger partial charge on any atom is 0.407 e. The van der Waals surface area contributed by atoms with Crippen LogP contribution in [0.3, 0.4) is 0 Å². The molecule has 1 heterocycles. The Kier molecular flexibility index (Phi) is 4.76. The molecule has 1 aromatic carbocycles. The number of hydrogen-bond donors (Lipinski definition) is 3. The molecular formula is C14H20N2O3. The van der Waals surface area contributed by atoms with Gasteiger partial charge in [-0.1, -0.05) is 30.3 Å². The third kappa shape index (κ3) is 3.94. The molecule has 0 aromatic heterocycles. The van der Waals surface area contributed by atoms with Crippen LogP contribution in [0.25, 0.3) is 0 Å². The molecule has 0 spiro atoms. The van der Waals surface area contributed by atoms with Crippen LogP contribution in [0.2, 0.25) is 0 Å². The average Bonchev–Trinajstić information content (AvgIpc) is 2.34. The highest BCUT2D eigenvalue weighted by molar-refractivity contribution is 5.67. The smallest absolute Gasteiger partial charge is 0.407 e. The van der Waals surface area contributed by atoms with Crippen LogP contribution in [-0.4, -0.2) is 36.4 Å². The molecular weight excluding hydrogens is 244 g/mol. The standard InChI is InChI=1S/C14H20N2O3/c1-10(17)13(12-7-15-8-12)16-14(18)19-9-11-5-3-2-4-6-11/h2-6,10,12-13,15,17H,7-9H2,1H3,(H,16,18)/t10-,13+/m1/s1. The Morgan fingerprint density at radius 3 is 2.68 bits per heavy atom. The van der Waals surface area contributed by atoms with Crippen LogP contribution in [-0.2, 0) is 11.3 Å². The predicted octanol–water partition coefficient (Wildman–Crippen LogP) is 0.882. The molecule has 1 fully saturated rings.